The second-order valence-electron chi connectivity index (χ2n) is 4.84. The summed E-state index contributed by atoms with van der Waals surface area (Å²) in [6, 6.07) is 7.65. The van der Waals surface area contributed by atoms with Crippen LogP contribution in [0.5, 0.6) is 0 Å². The fourth-order valence-electron chi connectivity index (χ4n) is 2.36. The number of benzene rings is 1. The molecule has 3 N–H and O–H groups in total. The molecule has 4 nitrogen and oxygen atoms in total. The molecule has 0 unspecified atom stereocenters. The van der Waals surface area contributed by atoms with Gasteiger partial charge in [0.15, 0.2) is 0 Å². The van der Waals surface area contributed by atoms with E-state index in [1.807, 2.05) is 31.2 Å². The highest BCUT2D eigenvalue weighted by Crippen LogP contribution is 2.26. The average molecular weight is 269 g/mol. The second kappa shape index (κ2) is 5.26. The van der Waals surface area contributed by atoms with E-state index in [0.717, 1.165) is 5.56 Å². The molecule has 98 valence electrons. The molecule has 0 saturated carbocycles. The summed E-state index contributed by atoms with van der Waals surface area (Å²) in [5.74, 6) is -0.782. The van der Waals surface area contributed by atoms with Gasteiger partial charge in [-0.05, 0) is 18.6 Å². The summed E-state index contributed by atoms with van der Waals surface area (Å²) < 4.78 is 0. The molecule has 0 radical (unpaired) electrons. The lowest BCUT2D eigenvalue weighted by atomic mass is 9.87. The number of nitrogens with one attached hydrogen (secondary N) is 2. The molecule has 1 fully saturated rings. The van der Waals surface area contributed by atoms with Crippen molar-refractivity contribution < 1.29 is 9.90 Å². The number of aliphatic carboxylic acids is 1. The molecule has 5 heteroatoms. The molecule has 2 rings (SSSR count). The largest absolute Gasteiger partial charge is 0.481 e. The van der Waals surface area contributed by atoms with E-state index in [2.05, 4.69) is 10.6 Å². The van der Waals surface area contributed by atoms with Gasteiger partial charge in [0.05, 0.1) is 12.0 Å². The second-order valence-corrected chi connectivity index (χ2v) is 5.25. The topological polar surface area (TPSA) is 61.4 Å². The highest BCUT2D eigenvalue weighted by molar-refractivity contribution is 6.31. The first kappa shape index (κ1) is 13.3. The third-order valence-electron chi connectivity index (χ3n) is 3.31. The zero-order chi connectivity index (χ0) is 13.2. The minimum Gasteiger partial charge on any atom is -0.481 e. The number of hydrogen-bond acceptors (Lipinski definition) is 3. The maximum Gasteiger partial charge on any atom is 0.305 e. The van der Waals surface area contributed by atoms with E-state index in [9.17, 15) is 4.79 Å². The Kier molecular flexibility index (Phi) is 3.90. The van der Waals surface area contributed by atoms with Crippen LogP contribution in [0.2, 0.25) is 5.02 Å². The molecular formula is C13H17ClN2O2. The summed E-state index contributed by atoms with van der Waals surface area (Å²) >= 11 is 6.14. The van der Waals surface area contributed by atoms with Gasteiger partial charge in [0, 0.05) is 24.2 Å². The van der Waals surface area contributed by atoms with Crippen LogP contribution in [0.15, 0.2) is 24.3 Å². The minimum atomic E-state index is -0.782. The minimum absolute atomic E-state index is 0.0279. The molecule has 18 heavy (non-hydrogen) atoms. The van der Waals surface area contributed by atoms with Crippen LogP contribution in [0.1, 0.15) is 24.9 Å². The fourth-order valence-corrected chi connectivity index (χ4v) is 2.66. The van der Waals surface area contributed by atoms with E-state index in [-0.39, 0.29) is 18.0 Å². The van der Waals surface area contributed by atoms with E-state index < -0.39 is 5.97 Å². The van der Waals surface area contributed by atoms with Crippen molar-refractivity contribution in [3.8, 4) is 0 Å². The van der Waals surface area contributed by atoms with Crippen molar-refractivity contribution in [3.63, 3.8) is 0 Å². The van der Waals surface area contributed by atoms with E-state index >= 15 is 0 Å². The summed E-state index contributed by atoms with van der Waals surface area (Å²) in [6.45, 7) is 3.35. The van der Waals surface area contributed by atoms with Crippen molar-refractivity contribution in [3.05, 3.63) is 34.9 Å². The maximum atomic E-state index is 10.9. The number of carbonyl (C=O) groups is 1. The van der Waals surface area contributed by atoms with Crippen LogP contribution in [0.4, 0.5) is 0 Å². The lowest BCUT2D eigenvalue weighted by Gasteiger charge is -2.44. The molecule has 1 heterocycles. The summed E-state index contributed by atoms with van der Waals surface area (Å²) in [7, 11) is 0. The van der Waals surface area contributed by atoms with Crippen molar-refractivity contribution in [2.75, 3.05) is 13.1 Å². The summed E-state index contributed by atoms with van der Waals surface area (Å²) in [4.78, 5) is 10.9. The Morgan fingerprint density at radius 1 is 1.56 bits per heavy atom. The Balaban J connectivity index is 2.08. The summed E-state index contributed by atoms with van der Waals surface area (Å²) in [5, 5.41) is 16.2. The Bertz CT molecular complexity index is 446. The van der Waals surface area contributed by atoms with Crippen LogP contribution in [0.25, 0.3) is 0 Å². The van der Waals surface area contributed by atoms with Gasteiger partial charge in [0.2, 0.25) is 0 Å². The van der Waals surface area contributed by atoms with Crippen molar-refractivity contribution in [2.24, 2.45) is 0 Å². The monoisotopic (exact) mass is 268 g/mol. The number of carboxylic acids is 1. The van der Waals surface area contributed by atoms with E-state index in [4.69, 9.17) is 16.7 Å². The standard InChI is InChI=1S/C13H17ClN2O2/c1-9(10-4-2-3-5-11(10)14)16-13(6-12(17)18)7-15-8-13/h2-5,9,15-16H,6-8H2,1H3,(H,17,18)/t9-/m0/s1. The third-order valence-corrected chi connectivity index (χ3v) is 3.66. The number of halogens is 1. The van der Waals surface area contributed by atoms with Gasteiger partial charge in [0.25, 0.3) is 0 Å². The lowest BCUT2D eigenvalue weighted by molar-refractivity contribution is -0.139. The molecule has 0 aromatic heterocycles. The molecule has 0 aliphatic carbocycles. The van der Waals surface area contributed by atoms with Gasteiger partial charge in [-0.15, -0.1) is 0 Å². The van der Waals surface area contributed by atoms with Crippen molar-refractivity contribution in [1.29, 1.82) is 0 Å². The molecule has 0 bridgehead atoms. The van der Waals surface area contributed by atoms with Crippen LogP contribution >= 0.6 is 11.6 Å². The summed E-state index contributed by atoms with van der Waals surface area (Å²) in [6.07, 6.45) is 0.120. The Morgan fingerprint density at radius 2 is 2.22 bits per heavy atom. The van der Waals surface area contributed by atoms with Crippen LogP contribution in [-0.2, 0) is 4.79 Å². The molecular weight excluding hydrogens is 252 g/mol. The third kappa shape index (κ3) is 2.83. The zero-order valence-electron chi connectivity index (χ0n) is 10.2. The lowest BCUT2D eigenvalue weighted by Crippen LogP contribution is -2.68. The van der Waals surface area contributed by atoms with Gasteiger partial charge < -0.3 is 15.7 Å². The number of carboxylic acid groups (broad SMARTS) is 1. The molecule has 1 atom stereocenters. The van der Waals surface area contributed by atoms with Crippen LogP contribution in [0.3, 0.4) is 0 Å². The highest BCUT2D eigenvalue weighted by atomic mass is 35.5. The smallest absolute Gasteiger partial charge is 0.305 e. The molecule has 0 amide bonds. The van der Waals surface area contributed by atoms with Crippen LogP contribution < -0.4 is 10.6 Å². The molecule has 1 aliphatic rings. The quantitative estimate of drug-likeness (QED) is 0.762. The Morgan fingerprint density at radius 3 is 2.72 bits per heavy atom. The van der Waals surface area contributed by atoms with Gasteiger partial charge in [0.1, 0.15) is 0 Å². The maximum absolute atomic E-state index is 10.9. The highest BCUT2D eigenvalue weighted by Gasteiger charge is 2.40. The predicted molar refractivity (Wildman–Crippen MR) is 70.9 cm³/mol. The van der Waals surface area contributed by atoms with Gasteiger partial charge in [-0.3, -0.25) is 4.79 Å². The van der Waals surface area contributed by atoms with Crippen LogP contribution in [-0.4, -0.2) is 29.7 Å². The predicted octanol–water partition coefficient (Wildman–Crippen LogP) is 1.81. The van der Waals surface area contributed by atoms with Gasteiger partial charge in [-0.2, -0.15) is 0 Å². The van der Waals surface area contributed by atoms with Crippen molar-refractivity contribution >= 4 is 17.6 Å². The van der Waals surface area contributed by atoms with Gasteiger partial charge >= 0.3 is 5.97 Å². The zero-order valence-corrected chi connectivity index (χ0v) is 11.0. The molecule has 0 spiro atoms. The van der Waals surface area contributed by atoms with Crippen LogP contribution in [0, 0.1) is 0 Å². The van der Waals surface area contributed by atoms with E-state index in [0.29, 0.717) is 18.1 Å². The Labute approximate surface area is 111 Å². The SMILES string of the molecule is C[C@H](NC1(CC(=O)O)CNC1)c1ccccc1Cl. The molecule has 1 saturated heterocycles. The fraction of sp³-hybridized carbons (Fsp3) is 0.462. The van der Waals surface area contributed by atoms with Gasteiger partial charge in [-0.25, -0.2) is 0 Å². The number of rotatable bonds is 5. The average Bonchev–Trinajstić information content (AvgIpc) is 2.25. The first-order valence-corrected chi connectivity index (χ1v) is 6.35. The van der Waals surface area contributed by atoms with E-state index in [1.165, 1.54) is 0 Å². The summed E-state index contributed by atoms with van der Waals surface area (Å²) in [5.41, 5.74) is 0.639. The van der Waals surface area contributed by atoms with Crippen molar-refractivity contribution in [2.45, 2.75) is 24.9 Å². The molecule has 1 aliphatic heterocycles. The van der Waals surface area contributed by atoms with Crippen molar-refractivity contribution in [1.82, 2.24) is 10.6 Å². The number of hydrogen-bond donors (Lipinski definition) is 3. The first-order valence-electron chi connectivity index (χ1n) is 5.97. The molecule has 1 aromatic rings. The normalized spacial score (nSPS) is 19.0. The first-order chi connectivity index (χ1) is 8.52. The molecule has 1 aromatic carbocycles. The van der Waals surface area contributed by atoms with E-state index in [1.54, 1.807) is 0 Å². The van der Waals surface area contributed by atoms with Gasteiger partial charge in [-0.1, -0.05) is 29.8 Å². The Hall–Kier alpha value is -1.10.